The number of likely N-dealkylation sites (N-methyl/N-ethyl adjacent to an activating group) is 1. The van der Waals surface area contributed by atoms with Crippen molar-refractivity contribution in [3.05, 3.63) is 48.2 Å². The van der Waals surface area contributed by atoms with Gasteiger partial charge in [0.2, 0.25) is 0 Å². The van der Waals surface area contributed by atoms with Crippen molar-refractivity contribution in [2.24, 2.45) is 0 Å². The molecule has 0 spiro atoms. The van der Waals surface area contributed by atoms with Crippen molar-refractivity contribution < 1.29 is 9.53 Å². The number of nitrogens with zero attached hydrogens (tertiary/aromatic N) is 3. The Morgan fingerprint density at radius 1 is 1.07 bits per heavy atom. The standard InChI is InChI=1S/C23H33N5O2/c1-3-27-15-17-28(18-16-27)14-6-13-25-23(29)21-7-5-12-24-22(21)26-19-8-10-20(11-9-19)30-4-2/h5,7-12H,3-4,6,13-18H2,1-2H3,(H,24,26)(H,25,29). The van der Waals surface area contributed by atoms with Crippen LogP contribution in [0.25, 0.3) is 0 Å². The molecule has 3 rings (SSSR count). The lowest BCUT2D eigenvalue weighted by molar-refractivity contribution is 0.0949. The number of hydrogen-bond acceptors (Lipinski definition) is 6. The van der Waals surface area contributed by atoms with Gasteiger partial charge >= 0.3 is 0 Å². The summed E-state index contributed by atoms with van der Waals surface area (Å²) < 4.78 is 5.47. The molecular weight excluding hydrogens is 378 g/mol. The van der Waals surface area contributed by atoms with Crippen molar-refractivity contribution in [3.63, 3.8) is 0 Å². The lowest BCUT2D eigenvalue weighted by Gasteiger charge is -2.33. The van der Waals surface area contributed by atoms with Crippen molar-refractivity contribution in [2.75, 3.05) is 57.7 Å². The van der Waals surface area contributed by atoms with Crippen LogP contribution in [0.4, 0.5) is 11.5 Å². The van der Waals surface area contributed by atoms with Gasteiger partial charge < -0.3 is 25.2 Å². The molecular formula is C23H33N5O2. The zero-order chi connectivity index (χ0) is 21.2. The molecule has 162 valence electrons. The van der Waals surface area contributed by atoms with Crippen LogP contribution < -0.4 is 15.4 Å². The Balaban J connectivity index is 1.48. The first kappa shape index (κ1) is 22.1. The molecule has 7 nitrogen and oxygen atoms in total. The monoisotopic (exact) mass is 411 g/mol. The van der Waals surface area contributed by atoms with Crippen LogP contribution in [0.15, 0.2) is 42.6 Å². The van der Waals surface area contributed by atoms with E-state index in [4.69, 9.17) is 4.74 Å². The SMILES string of the molecule is CCOc1ccc(Nc2ncccc2C(=O)NCCCN2CCN(CC)CC2)cc1. The fourth-order valence-electron chi connectivity index (χ4n) is 3.55. The Labute approximate surface area is 179 Å². The van der Waals surface area contributed by atoms with Gasteiger partial charge in [0.25, 0.3) is 5.91 Å². The van der Waals surface area contributed by atoms with E-state index in [1.54, 1.807) is 18.3 Å². The van der Waals surface area contributed by atoms with Gasteiger partial charge in [0.1, 0.15) is 11.6 Å². The fourth-order valence-corrected chi connectivity index (χ4v) is 3.55. The Hall–Kier alpha value is -2.64. The number of amides is 1. The number of carbonyl (C=O) groups is 1. The van der Waals surface area contributed by atoms with Crippen molar-refractivity contribution in [2.45, 2.75) is 20.3 Å². The van der Waals surface area contributed by atoms with E-state index >= 15 is 0 Å². The van der Waals surface area contributed by atoms with Crippen molar-refractivity contribution in [1.29, 1.82) is 0 Å². The van der Waals surface area contributed by atoms with E-state index in [1.165, 1.54) is 0 Å². The van der Waals surface area contributed by atoms with Gasteiger partial charge in [0.15, 0.2) is 0 Å². The van der Waals surface area contributed by atoms with Crippen molar-refractivity contribution in [1.82, 2.24) is 20.1 Å². The number of rotatable bonds is 10. The molecule has 1 aromatic heterocycles. The summed E-state index contributed by atoms with van der Waals surface area (Å²) in [6.45, 7) is 12.1. The zero-order valence-electron chi connectivity index (χ0n) is 18.1. The first-order chi connectivity index (χ1) is 14.7. The Morgan fingerprint density at radius 3 is 2.50 bits per heavy atom. The number of carbonyl (C=O) groups excluding carboxylic acids is 1. The number of piperazine rings is 1. The van der Waals surface area contributed by atoms with E-state index in [0.29, 0.717) is 24.5 Å². The maximum Gasteiger partial charge on any atom is 0.255 e. The average molecular weight is 412 g/mol. The van der Waals surface area contributed by atoms with Crippen LogP contribution in [0, 0.1) is 0 Å². The van der Waals surface area contributed by atoms with Crippen LogP contribution in [-0.2, 0) is 0 Å². The summed E-state index contributed by atoms with van der Waals surface area (Å²) in [5.41, 5.74) is 1.40. The van der Waals surface area contributed by atoms with Crippen molar-refractivity contribution >= 4 is 17.4 Å². The molecule has 0 saturated carbocycles. The third kappa shape index (κ3) is 6.43. The summed E-state index contributed by atoms with van der Waals surface area (Å²) in [4.78, 5) is 22.0. The van der Waals surface area contributed by atoms with Gasteiger partial charge in [-0.3, -0.25) is 4.79 Å². The van der Waals surface area contributed by atoms with Crippen LogP contribution in [0.2, 0.25) is 0 Å². The van der Waals surface area contributed by atoms with Crippen molar-refractivity contribution in [3.8, 4) is 5.75 Å². The van der Waals surface area contributed by atoms with E-state index in [1.807, 2.05) is 31.2 Å². The molecule has 0 atom stereocenters. The highest BCUT2D eigenvalue weighted by Gasteiger charge is 2.15. The molecule has 1 aromatic carbocycles. The highest BCUT2D eigenvalue weighted by atomic mass is 16.5. The van der Waals surface area contributed by atoms with E-state index in [-0.39, 0.29) is 5.91 Å². The summed E-state index contributed by atoms with van der Waals surface area (Å²) in [6, 6.07) is 11.2. The Morgan fingerprint density at radius 2 is 1.80 bits per heavy atom. The summed E-state index contributed by atoms with van der Waals surface area (Å²) in [5, 5.41) is 6.27. The molecule has 1 aliphatic rings. The van der Waals surface area contributed by atoms with Gasteiger partial charge in [-0.2, -0.15) is 0 Å². The number of nitrogens with one attached hydrogen (secondary N) is 2. The van der Waals surface area contributed by atoms with E-state index in [0.717, 1.165) is 57.1 Å². The second-order valence-corrected chi connectivity index (χ2v) is 7.37. The Kier molecular flexibility index (Phi) is 8.47. The third-order valence-corrected chi connectivity index (χ3v) is 5.33. The minimum Gasteiger partial charge on any atom is -0.494 e. The molecule has 2 aromatic rings. The van der Waals surface area contributed by atoms with Crippen LogP contribution in [0.1, 0.15) is 30.6 Å². The number of ether oxygens (including phenoxy) is 1. The summed E-state index contributed by atoms with van der Waals surface area (Å²) >= 11 is 0. The molecule has 0 unspecified atom stereocenters. The molecule has 2 N–H and O–H groups in total. The second-order valence-electron chi connectivity index (χ2n) is 7.37. The number of pyridine rings is 1. The molecule has 30 heavy (non-hydrogen) atoms. The normalized spacial score (nSPS) is 15.0. The summed E-state index contributed by atoms with van der Waals surface area (Å²) in [7, 11) is 0. The first-order valence-corrected chi connectivity index (χ1v) is 10.9. The predicted molar refractivity (Wildman–Crippen MR) is 121 cm³/mol. The van der Waals surface area contributed by atoms with Crippen LogP contribution in [0.3, 0.4) is 0 Å². The first-order valence-electron chi connectivity index (χ1n) is 10.9. The van der Waals surface area contributed by atoms with Crippen LogP contribution in [0.5, 0.6) is 5.75 Å². The topological polar surface area (TPSA) is 69.7 Å². The highest BCUT2D eigenvalue weighted by molar-refractivity contribution is 5.99. The number of anilines is 2. The minimum atomic E-state index is -0.104. The molecule has 1 saturated heterocycles. The van der Waals surface area contributed by atoms with Gasteiger partial charge in [-0.1, -0.05) is 6.92 Å². The maximum atomic E-state index is 12.7. The molecule has 0 aliphatic carbocycles. The smallest absolute Gasteiger partial charge is 0.255 e. The maximum absolute atomic E-state index is 12.7. The van der Waals surface area contributed by atoms with Gasteiger partial charge in [-0.05, 0) is 62.8 Å². The Bertz CT molecular complexity index is 788. The number of hydrogen-bond donors (Lipinski definition) is 2. The molecule has 1 fully saturated rings. The van der Waals surface area contributed by atoms with Gasteiger partial charge in [0, 0.05) is 44.6 Å². The zero-order valence-corrected chi connectivity index (χ0v) is 18.1. The molecule has 1 aliphatic heterocycles. The van der Waals surface area contributed by atoms with Crippen LogP contribution in [-0.4, -0.2) is 73.1 Å². The summed E-state index contributed by atoms with van der Waals surface area (Å²) in [5.74, 6) is 1.26. The quantitative estimate of drug-likeness (QED) is 0.586. The lowest BCUT2D eigenvalue weighted by atomic mass is 10.2. The lowest BCUT2D eigenvalue weighted by Crippen LogP contribution is -2.46. The highest BCUT2D eigenvalue weighted by Crippen LogP contribution is 2.21. The molecule has 0 bridgehead atoms. The van der Waals surface area contributed by atoms with Gasteiger partial charge in [-0.15, -0.1) is 0 Å². The third-order valence-electron chi connectivity index (χ3n) is 5.33. The predicted octanol–water partition coefficient (Wildman–Crippen LogP) is 2.98. The fraction of sp³-hybridized carbons (Fsp3) is 0.478. The van der Waals surface area contributed by atoms with Gasteiger partial charge in [-0.25, -0.2) is 4.98 Å². The molecule has 1 amide bonds. The molecule has 0 radical (unpaired) electrons. The largest absolute Gasteiger partial charge is 0.494 e. The van der Waals surface area contributed by atoms with Crippen LogP contribution >= 0.6 is 0 Å². The molecule has 7 heteroatoms. The average Bonchev–Trinajstić information content (AvgIpc) is 2.79. The minimum absolute atomic E-state index is 0.104. The molecule has 2 heterocycles. The number of aromatic nitrogens is 1. The summed E-state index contributed by atoms with van der Waals surface area (Å²) in [6.07, 6.45) is 2.63. The van der Waals surface area contributed by atoms with E-state index < -0.39 is 0 Å². The second kappa shape index (κ2) is 11.5. The van der Waals surface area contributed by atoms with E-state index in [2.05, 4.69) is 32.3 Å². The number of benzene rings is 1. The van der Waals surface area contributed by atoms with E-state index in [9.17, 15) is 4.79 Å². The van der Waals surface area contributed by atoms with Gasteiger partial charge in [0.05, 0.1) is 12.2 Å².